The van der Waals surface area contributed by atoms with E-state index in [1.54, 1.807) is 0 Å². The Morgan fingerprint density at radius 2 is 1.81 bits per heavy atom. The van der Waals surface area contributed by atoms with Gasteiger partial charge in [0.1, 0.15) is 5.54 Å². The van der Waals surface area contributed by atoms with E-state index in [9.17, 15) is 4.79 Å². The molecule has 0 rings (SSSR count). The number of carbonyl (C=O) groups is 1. The van der Waals surface area contributed by atoms with Gasteiger partial charge in [-0.25, -0.2) is 0 Å². The molecule has 0 aromatic rings. The molecule has 0 saturated carbocycles. The Hall–Kier alpha value is -1.04. The predicted molar refractivity (Wildman–Crippen MR) is 65.8 cm³/mol. The number of amides is 1. The van der Waals surface area contributed by atoms with Gasteiger partial charge < -0.3 is 5.32 Å². The van der Waals surface area contributed by atoms with E-state index in [2.05, 4.69) is 18.3 Å². The first-order chi connectivity index (χ1) is 7.64. The van der Waals surface area contributed by atoms with Crippen LogP contribution in [0.1, 0.15) is 65.7 Å². The second kappa shape index (κ2) is 8.15. The van der Waals surface area contributed by atoms with E-state index in [-0.39, 0.29) is 5.91 Å². The average molecular weight is 224 g/mol. The molecule has 0 atom stereocenters. The molecule has 0 unspecified atom stereocenters. The van der Waals surface area contributed by atoms with Crippen molar-refractivity contribution in [2.24, 2.45) is 0 Å². The van der Waals surface area contributed by atoms with E-state index < -0.39 is 5.54 Å². The van der Waals surface area contributed by atoms with Crippen molar-refractivity contribution in [1.82, 2.24) is 5.32 Å². The summed E-state index contributed by atoms with van der Waals surface area (Å²) in [5.41, 5.74) is -0.651. The fourth-order valence-electron chi connectivity index (χ4n) is 1.65. The van der Waals surface area contributed by atoms with Gasteiger partial charge in [0.25, 0.3) is 0 Å². The van der Waals surface area contributed by atoms with Crippen LogP contribution in [0.3, 0.4) is 0 Å². The Morgan fingerprint density at radius 1 is 1.19 bits per heavy atom. The van der Waals surface area contributed by atoms with Gasteiger partial charge in [0, 0.05) is 6.42 Å². The van der Waals surface area contributed by atoms with Gasteiger partial charge in [-0.15, -0.1) is 0 Å². The number of hydrogen-bond acceptors (Lipinski definition) is 2. The molecule has 0 aromatic carbocycles. The van der Waals surface area contributed by atoms with Crippen LogP contribution in [-0.2, 0) is 4.79 Å². The Bertz CT molecular complexity index is 239. The monoisotopic (exact) mass is 224 g/mol. The van der Waals surface area contributed by atoms with Crippen LogP contribution in [0.2, 0.25) is 0 Å². The van der Waals surface area contributed by atoms with E-state index in [0.717, 1.165) is 12.8 Å². The number of rotatable bonds is 8. The molecule has 1 N–H and O–H groups in total. The van der Waals surface area contributed by atoms with Gasteiger partial charge in [-0.2, -0.15) is 5.26 Å². The highest BCUT2D eigenvalue weighted by Gasteiger charge is 2.27. The first kappa shape index (κ1) is 15.0. The van der Waals surface area contributed by atoms with Gasteiger partial charge in [-0.3, -0.25) is 4.79 Å². The van der Waals surface area contributed by atoms with Gasteiger partial charge >= 0.3 is 0 Å². The highest BCUT2D eigenvalue weighted by molar-refractivity contribution is 5.77. The number of nitriles is 1. The molecule has 0 bridgehead atoms. The molecule has 0 aromatic heterocycles. The molecule has 3 nitrogen and oxygen atoms in total. The van der Waals surface area contributed by atoms with Crippen LogP contribution < -0.4 is 5.32 Å². The van der Waals surface area contributed by atoms with E-state index in [0.29, 0.717) is 19.3 Å². The Morgan fingerprint density at radius 3 is 2.25 bits per heavy atom. The summed E-state index contributed by atoms with van der Waals surface area (Å²) < 4.78 is 0. The quantitative estimate of drug-likeness (QED) is 0.644. The maximum Gasteiger partial charge on any atom is 0.221 e. The predicted octanol–water partition coefficient (Wildman–Crippen LogP) is 3.16. The third-order valence-electron chi connectivity index (χ3n) is 3.06. The molecule has 3 heteroatoms. The molecule has 0 aliphatic carbocycles. The average Bonchev–Trinajstić information content (AvgIpc) is 2.32. The summed E-state index contributed by atoms with van der Waals surface area (Å²) in [6.45, 7) is 6.02. The highest BCUT2D eigenvalue weighted by atomic mass is 16.1. The second-order valence-electron chi connectivity index (χ2n) is 4.26. The van der Waals surface area contributed by atoms with E-state index in [1.807, 2.05) is 13.8 Å². The second-order valence-corrected chi connectivity index (χ2v) is 4.26. The third kappa shape index (κ3) is 5.16. The maximum absolute atomic E-state index is 11.6. The molecular formula is C13H24N2O. The van der Waals surface area contributed by atoms with Crippen molar-refractivity contribution >= 4 is 5.91 Å². The van der Waals surface area contributed by atoms with Crippen LogP contribution in [0.15, 0.2) is 0 Å². The summed E-state index contributed by atoms with van der Waals surface area (Å²) in [7, 11) is 0. The molecule has 16 heavy (non-hydrogen) atoms. The van der Waals surface area contributed by atoms with Crippen LogP contribution in [0.4, 0.5) is 0 Å². The van der Waals surface area contributed by atoms with Crippen molar-refractivity contribution in [3.63, 3.8) is 0 Å². The minimum atomic E-state index is -0.651. The third-order valence-corrected chi connectivity index (χ3v) is 3.06. The van der Waals surface area contributed by atoms with Crippen molar-refractivity contribution in [2.75, 3.05) is 0 Å². The van der Waals surface area contributed by atoms with Crippen molar-refractivity contribution < 1.29 is 4.79 Å². The lowest BCUT2D eigenvalue weighted by atomic mass is 9.94. The topological polar surface area (TPSA) is 52.9 Å². The summed E-state index contributed by atoms with van der Waals surface area (Å²) in [5.74, 6) is 0.0151. The summed E-state index contributed by atoms with van der Waals surface area (Å²) in [4.78, 5) is 11.6. The largest absolute Gasteiger partial charge is 0.338 e. The standard InChI is InChI=1S/C13H24N2O/c1-4-7-8-9-10-12(16)15-13(5-2,6-3)11-14/h4-10H2,1-3H3,(H,15,16). The summed E-state index contributed by atoms with van der Waals surface area (Å²) >= 11 is 0. The summed E-state index contributed by atoms with van der Waals surface area (Å²) in [6.07, 6.45) is 6.26. The lowest BCUT2D eigenvalue weighted by Gasteiger charge is -2.24. The lowest BCUT2D eigenvalue weighted by molar-refractivity contribution is -0.122. The van der Waals surface area contributed by atoms with Crippen molar-refractivity contribution in [3.05, 3.63) is 0 Å². The lowest BCUT2D eigenvalue weighted by Crippen LogP contribution is -2.46. The molecule has 92 valence electrons. The molecule has 1 amide bonds. The molecule has 0 heterocycles. The maximum atomic E-state index is 11.6. The molecule has 0 aliphatic heterocycles. The Kier molecular flexibility index (Phi) is 7.62. The minimum absolute atomic E-state index is 0.0151. The fraction of sp³-hybridized carbons (Fsp3) is 0.846. The summed E-state index contributed by atoms with van der Waals surface area (Å²) in [6, 6.07) is 2.22. The van der Waals surface area contributed by atoms with Crippen LogP contribution >= 0.6 is 0 Å². The molecule has 0 saturated heterocycles. The normalized spacial score (nSPS) is 10.9. The molecule has 0 radical (unpaired) electrons. The minimum Gasteiger partial charge on any atom is -0.338 e. The zero-order chi connectivity index (χ0) is 12.4. The number of nitrogens with one attached hydrogen (secondary N) is 1. The Balaban J connectivity index is 3.98. The van der Waals surface area contributed by atoms with Gasteiger partial charge in [-0.1, -0.05) is 40.0 Å². The van der Waals surface area contributed by atoms with Crippen molar-refractivity contribution in [1.29, 1.82) is 5.26 Å². The smallest absolute Gasteiger partial charge is 0.221 e. The van der Waals surface area contributed by atoms with Crippen LogP contribution in [-0.4, -0.2) is 11.4 Å². The molecule has 0 spiro atoms. The van der Waals surface area contributed by atoms with Crippen LogP contribution in [0, 0.1) is 11.3 Å². The van der Waals surface area contributed by atoms with Crippen molar-refractivity contribution in [2.45, 2.75) is 71.3 Å². The van der Waals surface area contributed by atoms with E-state index >= 15 is 0 Å². The highest BCUT2D eigenvalue weighted by Crippen LogP contribution is 2.14. The Labute approximate surface area is 99.2 Å². The van der Waals surface area contributed by atoms with Gasteiger partial charge in [-0.05, 0) is 19.3 Å². The number of hydrogen-bond donors (Lipinski definition) is 1. The zero-order valence-electron chi connectivity index (χ0n) is 10.8. The number of nitrogens with zero attached hydrogens (tertiary/aromatic N) is 1. The first-order valence-corrected chi connectivity index (χ1v) is 6.36. The first-order valence-electron chi connectivity index (χ1n) is 6.36. The van der Waals surface area contributed by atoms with Gasteiger partial charge in [0.05, 0.1) is 6.07 Å². The van der Waals surface area contributed by atoms with Crippen LogP contribution in [0.5, 0.6) is 0 Å². The summed E-state index contributed by atoms with van der Waals surface area (Å²) in [5, 5.41) is 11.9. The van der Waals surface area contributed by atoms with Gasteiger partial charge in [0.15, 0.2) is 0 Å². The van der Waals surface area contributed by atoms with Crippen molar-refractivity contribution in [3.8, 4) is 6.07 Å². The number of unbranched alkanes of at least 4 members (excludes halogenated alkanes) is 3. The van der Waals surface area contributed by atoms with Crippen LogP contribution in [0.25, 0.3) is 0 Å². The molecule has 0 aliphatic rings. The number of carbonyl (C=O) groups excluding carboxylic acids is 1. The molecule has 0 fully saturated rings. The fourth-order valence-corrected chi connectivity index (χ4v) is 1.65. The molecular weight excluding hydrogens is 200 g/mol. The zero-order valence-corrected chi connectivity index (χ0v) is 10.8. The SMILES string of the molecule is CCCCCCC(=O)NC(C#N)(CC)CC. The van der Waals surface area contributed by atoms with E-state index in [4.69, 9.17) is 5.26 Å². The van der Waals surface area contributed by atoms with Gasteiger partial charge in [0.2, 0.25) is 5.91 Å². The van der Waals surface area contributed by atoms with E-state index in [1.165, 1.54) is 12.8 Å².